The van der Waals surface area contributed by atoms with Gasteiger partial charge in [-0.2, -0.15) is 39.9 Å². The molecule has 16 aromatic rings. The van der Waals surface area contributed by atoms with Gasteiger partial charge in [0.1, 0.15) is 46.6 Å². The number of hydrogen-bond acceptors (Lipinski definition) is 18. The zero-order chi connectivity index (χ0) is 81.3. The summed E-state index contributed by atoms with van der Waals surface area (Å²) in [4.78, 5) is 68.5. The van der Waals surface area contributed by atoms with Gasteiger partial charge < -0.3 is 26.0 Å². The van der Waals surface area contributed by atoms with E-state index in [-0.39, 0.29) is 0 Å². The van der Waals surface area contributed by atoms with Gasteiger partial charge in [-0.15, -0.1) is 0 Å². The van der Waals surface area contributed by atoms with E-state index in [9.17, 15) is 4.79 Å². The molecule has 19 heteroatoms. The van der Waals surface area contributed by atoms with Crippen LogP contribution in [0.5, 0.6) is 0 Å². The molecule has 0 fully saturated rings. The number of halogens is 1. The number of anilines is 8. The van der Waals surface area contributed by atoms with Crippen molar-refractivity contribution in [2.75, 3.05) is 27.9 Å². The first-order chi connectivity index (χ1) is 57.9. The van der Waals surface area contributed by atoms with E-state index in [0.29, 0.717) is 110 Å². The fraction of sp³-hybridized carbons (Fsp3) is 0.141. The van der Waals surface area contributed by atoms with Gasteiger partial charge in [-0.3, -0.25) is 0 Å². The fourth-order valence-corrected chi connectivity index (χ4v) is 13.1. The summed E-state index contributed by atoms with van der Waals surface area (Å²) in [7, 11) is 0. The Labute approximate surface area is 694 Å². The molecule has 0 aliphatic carbocycles. The second kappa shape index (κ2) is 42.7. The molecule has 16 rings (SSSR count). The van der Waals surface area contributed by atoms with E-state index < -0.39 is 5.97 Å². The molecule has 0 saturated carbocycles. The van der Waals surface area contributed by atoms with Gasteiger partial charge in [0.15, 0.2) is 0 Å². The Balaban J connectivity index is 0.000000137. The van der Waals surface area contributed by atoms with Crippen LogP contribution in [0.25, 0.3) is 0 Å². The summed E-state index contributed by atoms with van der Waals surface area (Å²) in [6, 6.07) is 111. The van der Waals surface area contributed by atoms with Crippen LogP contribution in [0.4, 0.5) is 46.5 Å². The molecule has 4 aromatic heterocycles. The van der Waals surface area contributed by atoms with Crippen LogP contribution < -0.4 is 21.3 Å². The summed E-state index contributed by atoms with van der Waals surface area (Å²) in [5.41, 5.74) is 16.8. The van der Waals surface area contributed by atoms with E-state index in [1.807, 2.05) is 212 Å². The topological polar surface area (TPSA) is 229 Å². The van der Waals surface area contributed by atoms with Crippen molar-refractivity contribution < 1.29 is 9.53 Å². The van der Waals surface area contributed by atoms with E-state index in [1.165, 1.54) is 38.9 Å². The molecule has 0 bridgehead atoms. The number of nitrogens with zero attached hydrogens (tertiary/aromatic N) is 12. The maximum absolute atomic E-state index is 12.4. The number of ether oxygens (including phenoxy) is 1. The Morgan fingerprint density at radius 3 is 0.831 bits per heavy atom. The van der Waals surface area contributed by atoms with Crippen molar-refractivity contribution in [1.29, 1.82) is 0 Å². The lowest BCUT2D eigenvalue weighted by atomic mass is 10.1. The molecule has 0 aliphatic rings. The molecule has 18 nitrogen and oxygen atoms in total. The number of nitrogens with one attached hydrogen (secondary N) is 4. The number of aryl methyl sites for hydroxylation is 3. The van der Waals surface area contributed by atoms with Gasteiger partial charge in [0, 0.05) is 62.7 Å². The maximum atomic E-state index is 12.4. The van der Waals surface area contributed by atoms with Crippen LogP contribution in [0.2, 0.25) is 5.02 Å². The maximum Gasteiger partial charge on any atom is 0.340 e. The quantitative estimate of drug-likeness (QED) is 0.0351. The number of benzene rings is 12. The highest BCUT2D eigenvalue weighted by atomic mass is 35.5. The number of aromatic nitrogens is 12. The van der Waals surface area contributed by atoms with Crippen LogP contribution in [0.1, 0.15) is 132 Å². The molecule has 0 atom stereocenters. The molecule has 0 radical (unpaired) electrons. The summed E-state index contributed by atoms with van der Waals surface area (Å²) in [5.74, 6) is 7.54. The molecular weight excluding hydrogens is 1480 g/mol. The fourth-order valence-electron chi connectivity index (χ4n) is 12.9. The smallest absolute Gasteiger partial charge is 0.340 e. The molecule has 586 valence electrons. The zero-order valence-corrected chi connectivity index (χ0v) is 67.1. The van der Waals surface area contributed by atoms with Gasteiger partial charge in [0.05, 0.1) is 28.6 Å². The molecule has 0 aliphatic heterocycles. The largest absolute Gasteiger partial charge is 0.462 e. The summed E-state index contributed by atoms with van der Waals surface area (Å²) in [5, 5.41) is 13.9. The molecule has 118 heavy (non-hydrogen) atoms. The van der Waals surface area contributed by atoms with E-state index in [2.05, 4.69) is 171 Å². The normalized spacial score (nSPS) is 10.6. The van der Waals surface area contributed by atoms with Gasteiger partial charge in [-0.05, 0) is 119 Å². The summed E-state index contributed by atoms with van der Waals surface area (Å²) in [6.07, 6.45) is 6.09. The lowest BCUT2D eigenvalue weighted by molar-refractivity contribution is 0.0527. The average molecular weight is 1570 g/mol. The Hall–Kier alpha value is -14.4. The summed E-state index contributed by atoms with van der Waals surface area (Å²) < 4.78 is 5.18. The van der Waals surface area contributed by atoms with E-state index in [0.717, 1.165) is 80.7 Å². The second-order valence-corrected chi connectivity index (χ2v) is 28.2. The lowest BCUT2D eigenvalue weighted by Crippen LogP contribution is -2.11. The Kier molecular flexibility index (Phi) is 29.5. The number of esters is 1. The molecule has 0 spiro atoms. The van der Waals surface area contributed by atoms with Crippen molar-refractivity contribution in [1.82, 2.24) is 59.8 Å². The van der Waals surface area contributed by atoms with E-state index in [1.54, 1.807) is 19.1 Å². The highest BCUT2D eigenvalue weighted by Crippen LogP contribution is 2.27. The van der Waals surface area contributed by atoms with Crippen molar-refractivity contribution in [2.45, 2.75) is 85.5 Å². The SMILES string of the molecule is CCOC(=O)c1ccccc1Nc1nc(Cc2ccccc2)nc(Cc2ccccc2)n1.CCc1ccccc1Nc1nc(Cc2ccccc2)nc(Cc2ccccc2)n1.Cc1ccc(Nc2nc(Cc3ccccc3)nc(Cc3ccccc3)n2)c(C)c1.Clc1ccccc1Nc1nc(Cc2ccccc2)nc(Cc2ccccc2)n1. The monoisotopic (exact) mass is 1570 g/mol. The van der Waals surface area contributed by atoms with E-state index >= 15 is 0 Å². The van der Waals surface area contributed by atoms with Crippen molar-refractivity contribution in [3.8, 4) is 0 Å². The highest BCUT2D eigenvalue weighted by molar-refractivity contribution is 6.33. The molecule has 4 heterocycles. The Morgan fingerprint density at radius 2 is 0.534 bits per heavy atom. The van der Waals surface area contributed by atoms with Gasteiger partial charge in [0.2, 0.25) is 23.8 Å². The predicted octanol–water partition coefficient (Wildman–Crippen LogP) is 21.2. The first kappa shape index (κ1) is 81.6. The van der Waals surface area contributed by atoms with Gasteiger partial charge in [-0.1, -0.05) is 321 Å². The summed E-state index contributed by atoms with van der Waals surface area (Å²) in [6.45, 7) is 8.42. The molecule has 0 amide bonds. The molecule has 12 aromatic carbocycles. The molecule has 0 unspecified atom stereocenters. The van der Waals surface area contributed by atoms with Crippen molar-refractivity contribution in [2.24, 2.45) is 0 Å². The van der Waals surface area contributed by atoms with Crippen LogP contribution in [0.15, 0.2) is 334 Å². The molecule has 4 N–H and O–H groups in total. The van der Waals surface area contributed by atoms with Crippen LogP contribution in [0, 0.1) is 13.8 Å². The van der Waals surface area contributed by atoms with Gasteiger partial charge in [-0.25, -0.2) is 24.7 Å². The predicted molar refractivity (Wildman–Crippen MR) is 472 cm³/mol. The van der Waals surface area contributed by atoms with Crippen LogP contribution in [-0.4, -0.2) is 72.4 Å². The third-order valence-electron chi connectivity index (χ3n) is 18.6. The van der Waals surface area contributed by atoms with Crippen LogP contribution in [0.3, 0.4) is 0 Å². The minimum Gasteiger partial charge on any atom is -0.462 e. The first-order valence-electron chi connectivity index (χ1n) is 39.4. The van der Waals surface area contributed by atoms with E-state index in [4.69, 9.17) is 56.2 Å². The standard InChI is InChI=1S/C26H24N4O2.2C25H24N4.C23H19ClN4/c1-2-32-25(31)21-15-9-10-16-22(21)27-26-29-23(17-19-11-5-3-6-12-19)28-24(30-26)18-20-13-7-4-8-14-20;1-18-13-14-22(19(2)15-18)26-25-28-23(16-20-9-5-3-6-10-20)27-24(29-25)17-21-11-7-4-8-12-21;1-2-21-15-9-10-16-22(21)26-25-28-23(17-19-11-5-3-6-12-19)27-24(29-25)18-20-13-7-4-8-14-20;24-19-13-7-8-14-20(19)25-23-27-21(15-17-9-3-1-4-10-17)26-22(28-23)16-18-11-5-2-6-12-18/h3-16H,2,17-18H2,1H3,(H,27,28,29,30);3-15H,16-17H2,1-2H3,(H,26,27,28,29);3-16H,2,17-18H2,1H3,(H,26,27,28,29);1-14H,15-16H2,(H,25,26,27,28). The Morgan fingerprint density at radius 1 is 0.280 bits per heavy atom. The zero-order valence-electron chi connectivity index (χ0n) is 66.4. The molecule has 0 saturated heterocycles. The van der Waals surface area contributed by atoms with Crippen LogP contribution in [-0.2, 0) is 62.5 Å². The van der Waals surface area contributed by atoms with Crippen molar-refractivity contribution in [3.05, 3.63) is 452 Å². The number of hydrogen-bond donors (Lipinski definition) is 4. The third-order valence-corrected chi connectivity index (χ3v) is 18.9. The lowest BCUT2D eigenvalue weighted by Gasteiger charge is -2.12. The minimum atomic E-state index is -0.390. The number of para-hydroxylation sites is 3. The molecular formula is C99H91ClN16O2. The Bertz CT molecular complexity index is 5590. The summed E-state index contributed by atoms with van der Waals surface area (Å²) >= 11 is 6.28. The number of carbonyl (C=O) groups is 1. The average Bonchev–Trinajstić information content (AvgIpc) is 0.839. The highest BCUT2D eigenvalue weighted by Gasteiger charge is 2.18. The van der Waals surface area contributed by atoms with Crippen molar-refractivity contribution in [3.63, 3.8) is 0 Å². The van der Waals surface area contributed by atoms with Gasteiger partial charge in [0.25, 0.3) is 0 Å². The number of rotatable bonds is 27. The minimum absolute atomic E-state index is 0.307. The number of carbonyl (C=O) groups excluding carboxylic acids is 1. The van der Waals surface area contributed by atoms with Crippen LogP contribution >= 0.6 is 11.6 Å². The second-order valence-electron chi connectivity index (χ2n) is 27.8. The van der Waals surface area contributed by atoms with Crippen molar-refractivity contribution >= 4 is 64.1 Å². The first-order valence-corrected chi connectivity index (χ1v) is 39.8. The van der Waals surface area contributed by atoms with Gasteiger partial charge >= 0.3 is 5.97 Å². The third kappa shape index (κ3) is 25.6.